The van der Waals surface area contributed by atoms with Crippen molar-refractivity contribution in [1.29, 1.82) is 0 Å². The summed E-state index contributed by atoms with van der Waals surface area (Å²) in [5.41, 5.74) is 0. The Morgan fingerprint density at radius 2 is 2.00 bits per heavy atom. The zero-order valence-electron chi connectivity index (χ0n) is 10.4. The van der Waals surface area contributed by atoms with Crippen LogP contribution in [0, 0.1) is 0 Å². The van der Waals surface area contributed by atoms with Gasteiger partial charge in [-0.05, 0) is 53.4 Å². The number of benzene rings is 1. The fraction of sp³-hybridized carbons (Fsp3) is 0.417. The average molecular weight is 427 g/mol. The molecule has 0 saturated carbocycles. The van der Waals surface area contributed by atoms with Gasteiger partial charge in [0.25, 0.3) is 0 Å². The highest BCUT2D eigenvalue weighted by Crippen LogP contribution is 2.31. The van der Waals surface area contributed by atoms with E-state index in [9.17, 15) is 18.3 Å². The molecule has 1 fully saturated rings. The molecule has 1 N–H and O–H groups in total. The molecule has 0 radical (unpaired) electrons. The van der Waals surface area contributed by atoms with Gasteiger partial charge < -0.3 is 5.11 Å². The molecule has 5 nitrogen and oxygen atoms in total. The van der Waals surface area contributed by atoms with Crippen LogP contribution in [-0.2, 0) is 14.8 Å². The minimum atomic E-state index is -3.82. The van der Waals surface area contributed by atoms with Crippen LogP contribution in [0.3, 0.4) is 0 Å². The number of rotatable bonds is 3. The Balaban J connectivity index is 2.45. The van der Waals surface area contributed by atoms with Gasteiger partial charge in [-0.15, -0.1) is 0 Å². The average Bonchev–Trinajstić information content (AvgIpc) is 2.38. The minimum absolute atomic E-state index is 0.0915. The van der Waals surface area contributed by atoms with Gasteiger partial charge in [-0.3, -0.25) is 4.79 Å². The van der Waals surface area contributed by atoms with E-state index < -0.39 is 22.0 Å². The highest BCUT2D eigenvalue weighted by molar-refractivity contribution is 9.11. The monoisotopic (exact) mass is 425 g/mol. The van der Waals surface area contributed by atoms with Crippen LogP contribution < -0.4 is 0 Å². The number of carbonyl (C=O) groups is 1. The maximum atomic E-state index is 12.7. The minimum Gasteiger partial charge on any atom is -0.480 e. The molecule has 1 aromatic rings. The van der Waals surface area contributed by atoms with E-state index in [1.54, 1.807) is 12.1 Å². The zero-order valence-corrected chi connectivity index (χ0v) is 14.4. The molecule has 1 atom stereocenters. The summed E-state index contributed by atoms with van der Waals surface area (Å²) >= 11 is 6.48. The maximum Gasteiger partial charge on any atom is 0.322 e. The van der Waals surface area contributed by atoms with Gasteiger partial charge in [-0.2, -0.15) is 4.31 Å². The summed E-state index contributed by atoms with van der Waals surface area (Å²) < 4.78 is 27.6. The topological polar surface area (TPSA) is 74.7 Å². The first kappa shape index (κ1) is 15.9. The summed E-state index contributed by atoms with van der Waals surface area (Å²) in [6.07, 6.45) is 1.75. The molecule has 1 aliphatic rings. The van der Waals surface area contributed by atoms with Crippen LogP contribution in [0.15, 0.2) is 32.0 Å². The Kier molecular flexibility index (Phi) is 4.88. The van der Waals surface area contributed by atoms with E-state index in [1.807, 2.05) is 0 Å². The van der Waals surface area contributed by atoms with Gasteiger partial charge in [-0.25, -0.2) is 8.42 Å². The normalized spacial score (nSPS) is 20.8. The third-order valence-corrected chi connectivity index (χ3v) is 6.60. The van der Waals surface area contributed by atoms with Crippen molar-refractivity contribution in [1.82, 2.24) is 4.31 Å². The number of carboxylic acid groups (broad SMARTS) is 1. The third-order valence-electron chi connectivity index (χ3n) is 3.22. The van der Waals surface area contributed by atoms with E-state index >= 15 is 0 Å². The van der Waals surface area contributed by atoms with E-state index in [0.717, 1.165) is 15.2 Å². The van der Waals surface area contributed by atoms with Gasteiger partial charge in [-0.1, -0.05) is 15.9 Å². The predicted octanol–water partition coefficient (Wildman–Crippen LogP) is 2.84. The molecule has 0 unspecified atom stereocenters. The van der Waals surface area contributed by atoms with Crippen LogP contribution in [0.2, 0.25) is 0 Å². The standard InChI is InChI=1S/C12H13Br2NO4S/c13-8-4-5-11(9(14)7-8)20(18,19)15-6-2-1-3-10(15)12(16)17/h4-5,7,10H,1-3,6H2,(H,16,17)/t10-/m0/s1. The van der Waals surface area contributed by atoms with E-state index in [0.29, 0.717) is 17.3 Å². The highest BCUT2D eigenvalue weighted by Gasteiger charge is 2.38. The second-order valence-electron chi connectivity index (χ2n) is 4.54. The summed E-state index contributed by atoms with van der Waals surface area (Å²) in [6, 6.07) is 3.74. The van der Waals surface area contributed by atoms with Gasteiger partial charge >= 0.3 is 5.97 Å². The molecule has 8 heteroatoms. The van der Waals surface area contributed by atoms with Crippen LogP contribution in [0.4, 0.5) is 0 Å². The van der Waals surface area contributed by atoms with Crippen LogP contribution >= 0.6 is 31.9 Å². The predicted molar refractivity (Wildman–Crippen MR) is 81.0 cm³/mol. The summed E-state index contributed by atoms with van der Waals surface area (Å²) in [4.78, 5) is 11.3. The first-order valence-corrected chi connectivity index (χ1v) is 9.06. The van der Waals surface area contributed by atoms with Crippen molar-refractivity contribution in [2.24, 2.45) is 0 Å². The zero-order chi connectivity index (χ0) is 14.9. The molecule has 0 aliphatic carbocycles. The molecule has 1 aliphatic heterocycles. The Labute approximate surface area is 134 Å². The second-order valence-corrected chi connectivity index (χ2v) is 8.17. The summed E-state index contributed by atoms with van der Waals surface area (Å²) in [7, 11) is -3.82. The molecule has 1 saturated heterocycles. The first-order chi connectivity index (χ1) is 9.34. The van der Waals surface area contributed by atoms with Crippen molar-refractivity contribution in [2.75, 3.05) is 6.54 Å². The fourth-order valence-electron chi connectivity index (χ4n) is 2.25. The lowest BCUT2D eigenvalue weighted by Crippen LogP contribution is -2.47. The van der Waals surface area contributed by atoms with Gasteiger partial charge in [0.15, 0.2) is 0 Å². The maximum absolute atomic E-state index is 12.7. The van der Waals surface area contributed by atoms with Crippen molar-refractivity contribution in [3.05, 3.63) is 27.1 Å². The van der Waals surface area contributed by atoms with Crippen LogP contribution in [0.5, 0.6) is 0 Å². The van der Waals surface area contributed by atoms with Gasteiger partial charge in [0.2, 0.25) is 10.0 Å². The Morgan fingerprint density at radius 3 is 2.60 bits per heavy atom. The van der Waals surface area contributed by atoms with Crippen LogP contribution in [0.1, 0.15) is 19.3 Å². The molecule has 0 aromatic heterocycles. The largest absolute Gasteiger partial charge is 0.480 e. The van der Waals surface area contributed by atoms with E-state index in [4.69, 9.17) is 0 Å². The molecular weight excluding hydrogens is 414 g/mol. The van der Waals surface area contributed by atoms with Crippen molar-refractivity contribution in [3.63, 3.8) is 0 Å². The Bertz CT molecular complexity index is 632. The van der Waals surface area contributed by atoms with Crippen molar-refractivity contribution in [3.8, 4) is 0 Å². The number of halogens is 2. The number of hydrogen-bond donors (Lipinski definition) is 1. The van der Waals surface area contributed by atoms with E-state index in [-0.39, 0.29) is 11.4 Å². The smallest absolute Gasteiger partial charge is 0.322 e. The van der Waals surface area contributed by atoms with Gasteiger partial charge in [0, 0.05) is 15.5 Å². The molecule has 0 spiro atoms. The molecule has 110 valence electrons. The second kappa shape index (κ2) is 6.13. The van der Waals surface area contributed by atoms with E-state index in [2.05, 4.69) is 31.9 Å². The third kappa shape index (κ3) is 3.08. The number of nitrogens with zero attached hydrogens (tertiary/aromatic N) is 1. The lowest BCUT2D eigenvalue weighted by Gasteiger charge is -2.32. The van der Waals surface area contributed by atoms with Crippen LogP contribution in [0.25, 0.3) is 0 Å². The first-order valence-electron chi connectivity index (χ1n) is 6.04. The van der Waals surface area contributed by atoms with Crippen molar-refractivity contribution >= 4 is 47.9 Å². The fourth-order valence-corrected chi connectivity index (χ4v) is 5.61. The number of sulfonamides is 1. The summed E-state index contributed by atoms with van der Waals surface area (Å²) in [5, 5.41) is 9.21. The number of hydrogen-bond acceptors (Lipinski definition) is 3. The quantitative estimate of drug-likeness (QED) is 0.806. The summed E-state index contributed by atoms with van der Waals surface area (Å²) in [6.45, 7) is 0.238. The van der Waals surface area contributed by atoms with E-state index in [1.165, 1.54) is 6.07 Å². The number of aliphatic carboxylic acids is 1. The lowest BCUT2D eigenvalue weighted by atomic mass is 10.1. The molecule has 0 bridgehead atoms. The Hall–Kier alpha value is -0.440. The number of carboxylic acids is 1. The SMILES string of the molecule is O=C(O)[C@@H]1CCCCN1S(=O)(=O)c1ccc(Br)cc1Br. The molecule has 1 aromatic carbocycles. The molecule has 1 heterocycles. The molecule has 2 rings (SSSR count). The molecule has 20 heavy (non-hydrogen) atoms. The lowest BCUT2D eigenvalue weighted by molar-refractivity contribution is -0.142. The Morgan fingerprint density at radius 1 is 1.30 bits per heavy atom. The highest BCUT2D eigenvalue weighted by atomic mass is 79.9. The van der Waals surface area contributed by atoms with Crippen molar-refractivity contribution in [2.45, 2.75) is 30.2 Å². The van der Waals surface area contributed by atoms with Gasteiger partial charge in [0.1, 0.15) is 6.04 Å². The molecule has 0 amide bonds. The number of piperidine rings is 1. The van der Waals surface area contributed by atoms with Gasteiger partial charge in [0.05, 0.1) is 4.90 Å². The van der Waals surface area contributed by atoms with Crippen LogP contribution in [-0.4, -0.2) is 36.4 Å². The molecular formula is C12H13Br2NO4S. The summed E-state index contributed by atoms with van der Waals surface area (Å²) in [5.74, 6) is -1.10. The van der Waals surface area contributed by atoms with Crippen molar-refractivity contribution < 1.29 is 18.3 Å².